The second-order valence-electron chi connectivity index (χ2n) is 1.86. The van der Waals surface area contributed by atoms with Crippen LogP contribution < -0.4 is 0 Å². The molecule has 4 nitrogen and oxygen atoms in total. The Labute approximate surface area is 64.5 Å². The van der Waals surface area contributed by atoms with Gasteiger partial charge in [0.1, 0.15) is 0 Å². The molecular weight excluding hydrogens is 148 g/mol. The molecular formula is C7H10O4. The molecule has 0 aromatic rings. The number of allylic oxidation sites excluding steroid dienone is 1. The zero-order valence-electron chi connectivity index (χ0n) is 6.24. The zero-order valence-corrected chi connectivity index (χ0v) is 6.24. The highest BCUT2D eigenvalue weighted by Gasteiger charge is 1.95. The molecule has 0 aromatic heterocycles. The number of carbonyl (C=O) groups excluding carboxylic acids is 1. The van der Waals surface area contributed by atoms with E-state index in [2.05, 4.69) is 4.74 Å². The fourth-order valence-electron chi connectivity index (χ4n) is 0.487. The number of carbonyl (C=O) groups is 2. The summed E-state index contributed by atoms with van der Waals surface area (Å²) in [4.78, 5) is 20.4. The Morgan fingerprint density at radius 2 is 2.18 bits per heavy atom. The Kier molecular flexibility index (Phi) is 4.81. The van der Waals surface area contributed by atoms with E-state index in [1.54, 1.807) is 0 Å². The summed E-state index contributed by atoms with van der Waals surface area (Å²) in [6.45, 7) is 0. The number of carboxylic acids is 1. The Morgan fingerprint density at radius 3 is 2.64 bits per heavy atom. The molecule has 11 heavy (non-hydrogen) atoms. The third-order valence-corrected chi connectivity index (χ3v) is 1.00. The Hall–Kier alpha value is -1.32. The van der Waals surface area contributed by atoms with Crippen molar-refractivity contribution in [3.8, 4) is 0 Å². The van der Waals surface area contributed by atoms with Crippen molar-refractivity contribution in [2.75, 3.05) is 7.11 Å². The molecule has 4 heteroatoms. The van der Waals surface area contributed by atoms with Crippen LogP contribution in [0.25, 0.3) is 0 Å². The molecule has 0 fully saturated rings. The summed E-state index contributed by atoms with van der Waals surface area (Å²) in [5.41, 5.74) is 0. The van der Waals surface area contributed by atoms with Crippen LogP contribution in [-0.2, 0) is 14.3 Å². The van der Waals surface area contributed by atoms with Gasteiger partial charge in [-0.15, -0.1) is 0 Å². The lowest BCUT2D eigenvalue weighted by molar-refractivity contribution is -0.140. The van der Waals surface area contributed by atoms with Crippen molar-refractivity contribution in [1.82, 2.24) is 0 Å². The molecule has 0 amide bonds. The molecule has 0 rings (SSSR count). The number of hydrogen-bond acceptors (Lipinski definition) is 3. The summed E-state index contributed by atoms with van der Waals surface area (Å²) in [5.74, 6) is -1.34. The third kappa shape index (κ3) is 6.57. The van der Waals surface area contributed by atoms with Crippen molar-refractivity contribution >= 4 is 11.9 Å². The lowest BCUT2D eigenvalue weighted by Crippen LogP contribution is -1.98. The van der Waals surface area contributed by atoms with Crippen molar-refractivity contribution in [1.29, 1.82) is 0 Å². The topological polar surface area (TPSA) is 63.6 Å². The minimum absolute atomic E-state index is 0.222. The highest BCUT2D eigenvalue weighted by Crippen LogP contribution is 1.92. The van der Waals surface area contributed by atoms with Gasteiger partial charge in [-0.25, -0.2) is 4.79 Å². The monoisotopic (exact) mass is 158 g/mol. The smallest absolute Gasteiger partial charge is 0.327 e. The molecule has 0 unspecified atom stereocenters. The Balaban J connectivity index is 3.41. The van der Waals surface area contributed by atoms with Crippen LogP contribution in [0.15, 0.2) is 12.2 Å². The largest absolute Gasteiger partial charge is 0.478 e. The van der Waals surface area contributed by atoms with Gasteiger partial charge in [0.05, 0.1) is 7.11 Å². The SMILES string of the molecule is COC(=O)CC/C=C/C(=O)O. The quantitative estimate of drug-likeness (QED) is 0.480. The van der Waals surface area contributed by atoms with E-state index in [4.69, 9.17) is 5.11 Å². The van der Waals surface area contributed by atoms with Gasteiger partial charge >= 0.3 is 11.9 Å². The predicted octanol–water partition coefficient (Wildman–Crippen LogP) is 0.580. The number of methoxy groups -OCH3 is 1. The van der Waals surface area contributed by atoms with Crippen LogP contribution >= 0.6 is 0 Å². The van der Waals surface area contributed by atoms with Gasteiger partial charge in [0.2, 0.25) is 0 Å². The van der Waals surface area contributed by atoms with Crippen LogP contribution in [0.3, 0.4) is 0 Å². The van der Waals surface area contributed by atoms with Gasteiger partial charge in [-0.3, -0.25) is 4.79 Å². The van der Waals surface area contributed by atoms with Crippen LogP contribution in [0.4, 0.5) is 0 Å². The van der Waals surface area contributed by atoms with E-state index in [0.29, 0.717) is 6.42 Å². The van der Waals surface area contributed by atoms with E-state index in [1.807, 2.05) is 0 Å². The van der Waals surface area contributed by atoms with E-state index in [0.717, 1.165) is 6.08 Å². The molecule has 0 aromatic carbocycles. The molecule has 0 aliphatic carbocycles. The van der Waals surface area contributed by atoms with Gasteiger partial charge < -0.3 is 9.84 Å². The van der Waals surface area contributed by atoms with Crippen LogP contribution in [-0.4, -0.2) is 24.2 Å². The average Bonchev–Trinajstić information content (AvgIpc) is 1.97. The molecule has 0 heterocycles. The third-order valence-electron chi connectivity index (χ3n) is 1.00. The zero-order chi connectivity index (χ0) is 8.69. The minimum atomic E-state index is -1.00. The van der Waals surface area contributed by atoms with Crippen molar-refractivity contribution in [3.63, 3.8) is 0 Å². The maximum absolute atomic E-state index is 10.5. The summed E-state index contributed by atoms with van der Waals surface area (Å²) in [6.07, 6.45) is 3.04. The maximum atomic E-state index is 10.5. The fraction of sp³-hybridized carbons (Fsp3) is 0.429. The van der Waals surface area contributed by atoms with Crippen LogP contribution in [0, 0.1) is 0 Å². The summed E-state index contributed by atoms with van der Waals surface area (Å²) in [5, 5.41) is 8.13. The first kappa shape index (κ1) is 9.68. The van der Waals surface area contributed by atoms with Gasteiger partial charge in [-0.05, 0) is 6.42 Å². The van der Waals surface area contributed by atoms with Crippen molar-refractivity contribution in [2.24, 2.45) is 0 Å². The standard InChI is InChI=1S/C7H10O4/c1-11-7(10)5-3-2-4-6(8)9/h2,4H,3,5H2,1H3,(H,8,9)/b4-2+. The van der Waals surface area contributed by atoms with E-state index in [1.165, 1.54) is 13.2 Å². The van der Waals surface area contributed by atoms with E-state index >= 15 is 0 Å². The van der Waals surface area contributed by atoms with Crippen LogP contribution in [0.5, 0.6) is 0 Å². The van der Waals surface area contributed by atoms with Crippen molar-refractivity contribution in [2.45, 2.75) is 12.8 Å². The summed E-state index contributed by atoms with van der Waals surface area (Å²) in [6, 6.07) is 0. The van der Waals surface area contributed by atoms with E-state index < -0.39 is 5.97 Å². The van der Waals surface area contributed by atoms with E-state index in [-0.39, 0.29) is 12.4 Å². The van der Waals surface area contributed by atoms with Gasteiger partial charge in [0.15, 0.2) is 0 Å². The van der Waals surface area contributed by atoms with Crippen LogP contribution in [0.2, 0.25) is 0 Å². The first-order chi connectivity index (χ1) is 5.16. The Morgan fingerprint density at radius 1 is 1.55 bits per heavy atom. The molecule has 0 spiro atoms. The predicted molar refractivity (Wildman–Crippen MR) is 38.0 cm³/mol. The molecule has 0 saturated carbocycles. The maximum Gasteiger partial charge on any atom is 0.327 e. The highest BCUT2D eigenvalue weighted by molar-refractivity contribution is 5.79. The number of ether oxygens (including phenoxy) is 1. The van der Waals surface area contributed by atoms with Crippen LogP contribution in [0.1, 0.15) is 12.8 Å². The summed E-state index contributed by atoms with van der Waals surface area (Å²) >= 11 is 0. The second kappa shape index (κ2) is 5.46. The summed E-state index contributed by atoms with van der Waals surface area (Å²) < 4.78 is 4.34. The Bertz CT molecular complexity index is 171. The average molecular weight is 158 g/mol. The number of rotatable bonds is 4. The normalized spacial score (nSPS) is 9.91. The van der Waals surface area contributed by atoms with Gasteiger partial charge in [0, 0.05) is 12.5 Å². The number of esters is 1. The lowest BCUT2D eigenvalue weighted by Gasteiger charge is -1.92. The fourth-order valence-corrected chi connectivity index (χ4v) is 0.487. The first-order valence-electron chi connectivity index (χ1n) is 3.13. The van der Waals surface area contributed by atoms with Crippen molar-refractivity contribution in [3.05, 3.63) is 12.2 Å². The molecule has 0 bridgehead atoms. The molecule has 0 aliphatic heterocycles. The molecule has 0 saturated heterocycles. The number of hydrogen-bond donors (Lipinski definition) is 1. The van der Waals surface area contributed by atoms with Gasteiger partial charge in [-0.2, -0.15) is 0 Å². The lowest BCUT2D eigenvalue weighted by atomic mass is 10.3. The molecule has 62 valence electrons. The molecule has 0 radical (unpaired) electrons. The molecule has 0 aliphatic rings. The first-order valence-corrected chi connectivity index (χ1v) is 3.13. The highest BCUT2D eigenvalue weighted by atomic mass is 16.5. The number of aliphatic carboxylic acids is 1. The minimum Gasteiger partial charge on any atom is -0.478 e. The van der Waals surface area contributed by atoms with E-state index in [9.17, 15) is 9.59 Å². The second-order valence-corrected chi connectivity index (χ2v) is 1.86. The summed E-state index contributed by atoms with van der Waals surface area (Å²) in [7, 11) is 1.29. The molecule has 1 N–H and O–H groups in total. The molecule has 0 atom stereocenters. The number of carboxylic acid groups (broad SMARTS) is 1. The van der Waals surface area contributed by atoms with Crippen molar-refractivity contribution < 1.29 is 19.4 Å². The van der Waals surface area contributed by atoms with Gasteiger partial charge in [0.25, 0.3) is 0 Å². The van der Waals surface area contributed by atoms with Gasteiger partial charge in [-0.1, -0.05) is 6.08 Å².